The molecule has 1 heterocycles. The first kappa shape index (κ1) is 22.6. The minimum absolute atomic E-state index is 0.0316. The number of anilines is 3. The highest BCUT2D eigenvalue weighted by Gasteiger charge is 2.30. The number of piperidine rings is 1. The average molecular weight is 438 g/mol. The molecule has 4 rings (SSSR count). The van der Waals surface area contributed by atoms with Gasteiger partial charge in [0.1, 0.15) is 11.4 Å². The van der Waals surface area contributed by atoms with Gasteiger partial charge in [-0.3, -0.25) is 14.4 Å². The zero-order valence-corrected chi connectivity index (χ0v) is 19.5. The summed E-state index contributed by atoms with van der Waals surface area (Å²) in [7, 11) is 0. The van der Waals surface area contributed by atoms with Crippen molar-refractivity contribution in [3.8, 4) is 0 Å². The predicted molar refractivity (Wildman–Crippen MR) is 130 cm³/mol. The van der Waals surface area contributed by atoms with Crippen molar-refractivity contribution in [2.24, 2.45) is 17.8 Å². The van der Waals surface area contributed by atoms with E-state index in [0.717, 1.165) is 68.4 Å². The number of aryl methyl sites for hydroxylation is 2. The summed E-state index contributed by atoms with van der Waals surface area (Å²) in [5.74, 6) is 1.23. The fraction of sp³-hybridized carbons (Fsp3) is 0.577. The van der Waals surface area contributed by atoms with Gasteiger partial charge in [0.05, 0.1) is 0 Å². The van der Waals surface area contributed by atoms with Crippen LogP contribution in [0.5, 0.6) is 0 Å². The number of hydrogen-bond acceptors (Lipinski definition) is 5. The highest BCUT2D eigenvalue weighted by molar-refractivity contribution is 5.92. The molecule has 1 aliphatic heterocycles. The van der Waals surface area contributed by atoms with E-state index in [-0.39, 0.29) is 22.7 Å². The van der Waals surface area contributed by atoms with Crippen LogP contribution in [-0.2, 0) is 4.79 Å². The van der Waals surface area contributed by atoms with Crippen LogP contribution in [0.1, 0.15) is 56.6 Å². The van der Waals surface area contributed by atoms with Gasteiger partial charge in [-0.05, 0) is 87.5 Å². The minimum atomic E-state index is -0.375. The van der Waals surface area contributed by atoms with Crippen molar-refractivity contribution in [2.75, 3.05) is 35.2 Å². The molecule has 2 aliphatic rings. The van der Waals surface area contributed by atoms with Crippen LogP contribution in [0.3, 0.4) is 0 Å². The molecule has 0 atom stereocenters. The number of nitrogens with one attached hydrogen (secondary N) is 2. The van der Waals surface area contributed by atoms with Crippen LogP contribution < -0.4 is 26.4 Å². The van der Waals surface area contributed by atoms with Gasteiger partial charge < -0.3 is 15.5 Å². The lowest BCUT2D eigenvalue weighted by Crippen LogP contribution is -2.45. The van der Waals surface area contributed by atoms with Crippen molar-refractivity contribution in [3.05, 3.63) is 49.8 Å². The van der Waals surface area contributed by atoms with Gasteiger partial charge in [0.2, 0.25) is 5.91 Å². The molecule has 32 heavy (non-hydrogen) atoms. The highest BCUT2D eigenvalue weighted by atomic mass is 16.2. The summed E-state index contributed by atoms with van der Waals surface area (Å²) in [6.07, 6.45) is 5.73. The second kappa shape index (κ2) is 9.47. The maximum atomic E-state index is 12.7. The van der Waals surface area contributed by atoms with Gasteiger partial charge in [-0.25, -0.2) is 0 Å². The number of carbonyl (C=O) groups excluding carboxylic acids is 1. The van der Waals surface area contributed by atoms with Crippen LogP contribution >= 0.6 is 0 Å². The fourth-order valence-corrected chi connectivity index (χ4v) is 5.24. The van der Waals surface area contributed by atoms with Crippen LogP contribution in [0.2, 0.25) is 0 Å². The third-order valence-electron chi connectivity index (χ3n) is 7.26. The van der Waals surface area contributed by atoms with Gasteiger partial charge in [-0.1, -0.05) is 13.0 Å². The summed E-state index contributed by atoms with van der Waals surface area (Å²) < 4.78 is 0. The van der Waals surface area contributed by atoms with Gasteiger partial charge in [-0.15, -0.1) is 0 Å². The molecule has 6 nitrogen and oxygen atoms in total. The quantitative estimate of drug-likeness (QED) is 0.668. The lowest BCUT2D eigenvalue weighted by Gasteiger charge is -2.34. The van der Waals surface area contributed by atoms with Crippen molar-refractivity contribution >= 4 is 23.0 Å². The molecule has 0 unspecified atom stereocenters. The van der Waals surface area contributed by atoms with E-state index in [4.69, 9.17) is 0 Å². The van der Waals surface area contributed by atoms with Crippen molar-refractivity contribution in [2.45, 2.75) is 59.3 Å². The number of hydrogen-bond donors (Lipinski definition) is 2. The lowest BCUT2D eigenvalue weighted by molar-refractivity contribution is -0.121. The van der Waals surface area contributed by atoms with Crippen molar-refractivity contribution in [1.29, 1.82) is 0 Å². The predicted octanol–water partition coefficient (Wildman–Crippen LogP) is 3.99. The lowest BCUT2D eigenvalue weighted by atomic mass is 9.81. The summed E-state index contributed by atoms with van der Waals surface area (Å²) in [5.41, 5.74) is 3.56. The second-order valence-corrected chi connectivity index (χ2v) is 10.0. The van der Waals surface area contributed by atoms with E-state index in [1.54, 1.807) is 0 Å². The van der Waals surface area contributed by atoms with Crippen molar-refractivity contribution in [3.63, 3.8) is 0 Å². The Morgan fingerprint density at radius 1 is 0.938 bits per heavy atom. The molecule has 2 aromatic carbocycles. The fourth-order valence-electron chi connectivity index (χ4n) is 5.24. The van der Waals surface area contributed by atoms with E-state index in [9.17, 15) is 14.4 Å². The highest BCUT2D eigenvalue weighted by Crippen LogP contribution is 2.31. The summed E-state index contributed by atoms with van der Waals surface area (Å²) >= 11 is 0. The number of amides is 1. The van der Waals surface area contributed by atoms with Gasteiger partial charge in [0.15, 0.2) is 0 Å². The average Bonchev–Trinajstić information content (AvgIpc) is 2.76. The van der Waals surface area contributed by atoms with Crippen LogP contribution in [-0.4, -0.2) is 25.5 Å². The number of nitrogens with zero attached hydrogens (tertiary/aromatic N) is 1. The van der Waals surface area contributed by atoms with E-state index in [1.807, 2.05) is 26.0 Å². The van der Waals surface area contributed by atoms with E-state index < -0.39 is 0 Å². The Balaban J connectivity index is 1.27. The summed E-state index contributed by atoms with van der Waals surface area (Å²) in [4.78, 5) is 39.1. The third-order valence-corrected chi connectivity index (χ3v) is 7.26. The van der Waals surface area contributed by atoms with Crippen LogP contribution in [0.15, 0.2) is 27.8 Å². The van der Waals surface area contributed by atoms with Gasteiger partial charge >= 0.3 is 0 Å². The molecule has 0 radical (unpaired) electrons. The molecule has 2 N–H and O–H groups in total. The van der Waals surface area contributed by atoms with Crippen LogP contribution in [0.25, 0.3) is 0 Å². The van der Waals surface area contributed by atoms with Crippen LogP contribution in [0, 0.1) is 31.6 Å². The molecule has 1 aliphatic carbocycles. The monoisotopic (exact) mass is 437 g/mol. The van der Waals surface area contributed by atoms with E-state index in [0.29, 0.717) is 29.8 Å². The molecule has 1 amide bonds. The molecule has 0 aromatic heterocycles. The number of benzene rings is 1. The summed E-state index contributed by atoms with van der Waals surface area (Å²) in [6, 6.07) is 6.11. The minimum Gasteiger partial charge on any atom is -0.380 e. The molecule has 6 heteroatoms. The number of rotatable bonds is 6. The molecular weight excluding hydrogens is 402 g/mol. The second-order valence-electron chi connectivity index (χ2n) is 10.0. The van der Waals surface area contributed by atoms with Gasteiger partial charge in [0, 0.05) is 31.2 Å². The zero-order chi connectivity index (χ0) is 22.8. The normalized spacial score (nSPS) is 22.2. The van der Waals surface area contributed by atoms with Gasteiger partial charge in [-0.2, -0.15) is 0 Å². The molecule has 1 saturated heterocycles. The zero-order valence-electron chi connectivity index (χ0n) is 19.5. The first-order chi connectivity index (χ1) is 15.3. The topological polar surface area (TPSA) is 78.5 Å². The maximum Gasteiger partial charge on any atom is 0.253 e. The van der Waals surface area contributed by atoms with Gasteiger partial charge in [0.25, 0.3) is 10.9 Å². The summed E-state index contributed by atoms with van der Waals surface area (Å²) in [6.45, 7) is 8.69. The molecule has 1 saturated carbocycles. The van der Waals surface area contributed by atoms with E-state index >= 15 is 0 Å². The third kappa shape index (κ3) is 4.89. The largest absolute Gasteiger partial charge is 0.380 e. The Bertz CT molecular complexity index is 1020. The Morgan fingerprint density at radius 2 is 1.56 bits per heavy atom. The summed E-state index contributed by atoms with van der Waals surface area (Å²) in [5, 5.41) is 6.37. The SMILES string of the molecule is Cc1cc(C)cc(NC(=O)C2CCC(CNc3c(N4CCC(C)CC4)c(=O)c3=O)CC2)c1. The Morgan fingerprint density at radius 3 is 2.19 bits per heavy atom. The smallest absolute Gasteiger partial charge is 0.253 e. The van der Waals surface area contributed by atoms with Crippen molar-refractivity contribution in [1.82, 2.24) is 0 Å². The molecule has 0 spiro atoms. The Kier molecular flexibility index (Phi) is 6.68. The standard InChI is InChI=1S/C26H35N3O3/c1-16-8-10-29(11-9-16)23-22(24(30)25(23)31)27-15-19-4-6-20(7-5-19)26(32)28-21-13-17(2)12-18(3)14-21/h12-14,16,19-20,27H,4-11,15H2,1-3H3,(H,28,32). The molecular formula is C26H35N3O3. The first-order valence-corrected chi connectivity index (χ1v) is 12.0. The molecule has 0 bridgehead atoms. The van der Waals surface area contributed by atoms with E-state index in [2.05, 4.69) is 28.5 Å². The first-order valence-electron chi connectivity index (χ1n) is 12.0. The maximum absolute atomic E-state index is 12.7. The molecule has 2 fully saturated rings. The Hall–Kier alpha value is -2.63. The van der Waals surface area contributed by atoms with E-state index in [1.165, 1.54) is 0 Å². The van der Waals surface area contributed by atoms with Crippen molar-refractivity contribution < 1.29 is 4.79 Å². The Labute approximate surface area is 190 Å². The van der Waals surface area contributed by atoms with Crippen LogP contribution in [0.4, 0.5) is 17.1 Å². The molecule has 172 valence electrons. The molecule has 2 aromatic rings. The number of carbonyl (C=O) groups is 1.